The topological polar surface area (TPSA) is 3.24 Å². The van der Waals surface area contributed by atoms with E-state index in [2.05, 4.69) is 50.8 Å². The molecule has 0 aliphatic carbocycles. The summed E-state index contributed by atoms with van der Waals surface area (Å²) in [5.74, 6) is 0.648. The van der Waals surface area contributed by atoms with Gasteiger partial charge in [0.15, 0.2) is 0 Å². The molecule has 88 valence electrons. The SMILES string of the molecule is CCN1CCc2c(C(C)C)cccc2C1C. The Bertz CT molecular complexity index is 368. The maximum absolute atomic E-state index is 2.56. The number of nitrogens with zero attached hydrogens (tertiary/aromatic N) is 1. The Hall–Kier alpha value is -0.820. The Morgan fingerprint density at radius 3 is 2.75 bits per heavy atom. The molecule has 1 aromatic carbocycles. The zero-order valence-electron chi connectivity index (χ0n) is 11.0. The number of hydrogen-bond acceptors (Lipinski definition) is 1. The van der Waals surface area contributed by atoms with Crippen molar-refractivity contribution in [3.05, 3.63) is 34.9 Å². The summed E-state index contributed by atoms with van der Waals surface area (Å²) in [7, 11) is 0. The third kappa shape index (κ3) is 1.89. The third-order valence-corrected chi connectivity index (χ3v) is 3.92. The number of benzene rings is 1. The second kappa shape index (κ2) is 4.58. The Morgan fingerprint density at radius 1 is 1.38 bits per heavy atom. The normalized spacial score (nSPS) is 21.2. The van der Waals surface area contributed by atoms with Gasteiger partial charge in [-0.2, -0.15) is 0 Å². The van der Waals surface area contributed by atoms with Gasteiger partial charge in [-0.25, -0.2) is 0 Å². The molecular weight excluding hydrogens is 194 g/mol. The molecule has 1 aliphatic heterocycles. The Morgan fingerprint density at radius 2 is 2.12 bits per heavy atom. The van der Waals surface area contributed by atoms with Crippen molar-refractivity contribution in [1.29, 1.82) is 0 Å². The molecule has 2 rings (SSSR count). The first-order valence-electron chi connectivity index (χ1n) is 6.50. The Kier molecular flexibility index (Phi) is 3.34. The minimum Gasteiger partial charge on any atom is -0.297 e. The molecule has 1 aliphatic rings. The van der Waals surface area contributed by atoms with Crippen LogP contribution in [0, 0.1) is 0 Å². The molecule has 0 saturated carbocycles. The summed E-state index contributed by atoms with van der Waals surface area (Å²) in [5.41, 5.74) is 4.73. The molecule has 0 N–H and O–H groups in total. The summed E-state index contributed by atoms with van der Waals surface area (Å²) in [5, 5.41) is 0. The average Bonchev–Trinajstić information content (AvgIpc) is 2.29. The number of likely N-dealkylation sites (N-methyl/N-ethyl adjacent to an activating group) is 1. The van der Waals surface area contributed by atoms with Gasteiger partial charge in [-0.3, -0.25) is 4.90 Å². The van der Waals surface area contributed by atoms with Crippen LogP contribution >= 0.6 is 0 Å². The van der Waals surface area contributed by atoms with Crippen molar-refractivity contribution in [3.8, 4) is 0 Å². The maximum Gasteiger partial charge on any atom is 0.0322 e. The fourth-order valence-electron chi connectivity index (χ4n) is 2.92. The second-order valence-electron chi connectivity index (χ2n) is 5.12. The lowest BCUT2D eigenvalue weighted by molar-refractivity contribution is 0.209. The van der Waals surface area contributed by atoms with E-state index >= 15 is 0 Å². The molecule has 0 aromatic heterocycles. The van der Waals surface area contributed by atoms with Crippen molar-refractivity contribution in [2.75, 3.05) is 13.1 Å². The van der Waals surface area contributed by atoms with Crippen LogP contribution in [-0.2, 0) is 6.42 Å². The minimum atomic E-state index is 0.590. The van der Waals surface area contributed by atoms with E-state index in [1.165, 1.54) is 13.0 Å². The molecule has 1 heterocycles. The third-order valence-electron chi connectivity index (χ3n) is 3.92. The van der Waals surface area contributed by atoms with Gasteiger partial charge in [0.05, 0.1) is 0 Å². The fourth-order valence-corrected chi connectivity index (χ4v) is 2.92. The standard InChI is InChI=1S/C15H23N/c1-5-16-10-9-15-13(11(2)3)7-6-8-14(15)12(16)4/h6-8,11-12H,5,9-10H2,1-4H3. The van der Waals surface area contributed by atoms with Gasteiger partial charge >= 0.3 is 0 Å². The summed E-state index contributed by atoms with van der Waals surface area (Å²) in [6.07, 6.45) is 1.22. The lowest BCUT2D eigenvalue weighted by Gasteiger charge is -2.36. The van der Waals surface area contributed by atoms with Crippen molar-refractivity contribution >= 4 is 0 Å². The van der Waals surface area contributed by atoms with Gasteiger partial charge in [0.25, 0.3) is 0 Å². The van der Waals surface area contributed by atoms with Crippen LogP contribution in [0.5, 0.6) is 0 Å². The van der Waals surface area contributed by atoms with Crippen molar-refractivity contribution in [2.24, 2.45) is 0 Å². The molecular formula is C15H23N. The van der Waals surface area contributed by atoms with E-state index in [0.29, 0.717) is 12.0 Å². The molecule has 1 aromatic rings. The first-order chi connectivity index (χ1) is 7.65. The lowest BCUT2D eigenvalue weighted by atomic mass is 9.86. The molecule has 1 atom stereocenters. The van der Waals surface area contributed by atoms with E-state index in [1.54, 1.807) is 16.7 Å². The Labute approximate surface area is 99.5 Å². The van der Waals surface area contributed by atoms with Gasteiger partial charge in [0.2, 0.25) is 0 Å². The molecule has 1 unspecified atom stereocenters. The van der Waals surface area contributed by atoms with E-state index in [0.717, 1.165) is 6.54 Å². The number of fused-ring (bicyclic) bond motifs is 1. The van der Waals surface area contributed by atoms with Gasteiger partial charge in [-0.05, 0) is 42.5 Å². The van der Waals surface area contributed by atoms with Crippen LogP contribution in [0.1, 0.15) is 56.3 Å². The van der Waals surface area contributed by atoms with E-state index < -0.39 is 0 Å². The van der Waals surface area contributed by atoms with Crippen molar-refractivity contribution in [2.45, 2.75) is 46.1 Å². The first kappa shape index (κ1) is 11.7. The fraction of sp³-hybridized carbons (Fsp3) is 0.600. The second-order valence-corrected chi connectivity index (χ2v) is 5.12. The van der Waals surface area contributed by atoms with Crippen LogP contribution in [0.2, 0.25) is 0 Å². The number of rotatable bonds is 2. The van der Waals surface area contributed by atoms with Crippen molar-refractivity contribution < 1.29 is 0 Å². The highest BCUT2D eigenvalue weighted by atomic mass is 15.1. The zero-order chi connectivity index (χ0) is 11.7. The molecule has 0 saturated heterocycles. The monoisotopic (exact) mass is 217 g/mol. The molecule has 1 heteroatoms. The molecule has 0 fully saturated rings. The zero-order valence-corrected chi connectivity index (χ0v) is 11.0. The van der Waals surface area contributed by atoms with Gasteiger partial charge < -0.3 is 0 Å². The highest BCUT2D eigenvalue weighted by Crippen LogP contribution is 2.33. The van der Waals surface area contributed by atoms with Crippen LogP contribution in [-0.4, -0.2) is 18.0 Å². The van der Waals surface area contributed by atoms with Crippen molar-refractivity contribution in [1.82, 2.24) is 4.90 Å². The van der Waals surface area contributed by atoms with Gasteiger partial charge in [0, 0.05) is 12.6 Å². The average molecular weight is 217 g/mol. The van der Waals surface area contributed by atoms with E-state index in [9.17, 15) is 0 Å². The largest absolute Gasteiger partial charge is 0.297 e. The lowest BCUT2D eigenvalue weighted by Crippen LogP contribution is -2.34. The summed E-state index contributed by atoms with van der Waals surface area (Å²) in [6.45, 7) is 11.6. The van der Waals surface area contributed by atoms with E-state index in [1.807, 2.05) is 0 Å². The van der Waals surface area contributed by atoms with E-state index in [-0.39, 0.29) is 0 Å². The molecule has 0 spiro atoms. The molecule has 16 heavy (non-hydrogen) atoms. The first-order valence-corrected chi connectivity index (χ1v) is 6.50. The van der Waals surface area contributed by atoms with Crippen molar-refractivity contribution in [3.63, 3.8) is 0 Å². The predicted molar refractivity (Wildman–Crippen MR) is 69.9 cm³/mol. The summed E-state index contributed by atoms with van der Waals surface area (Å²) >= 11 is 0. The number of hydrogen-bond donors (Lipinski definition) is 0. The summed E-state index contributed by atoms with van der Waals surface area (Å²) in [4.78, 5) is 2.56. The van der Waals surface area contributed by atoms with Gasteiger partial charge in [-0.15, -0.1) is 0 Å². The van der Waals surface area contributed by atoms with E-state index in [4.69, 9.17) is 0 Å². The van der Waals surface area contributed by atoms with Crippen LogP contribution in [0.4, 0.5) is 0 Å². The molecule has 1 nitrogen and oxygen atoms in total. The van der Waals surface area contributed by atoms with Gasteiger partial charge in [0.1, 0.15) is 0 Å². The quantitative estimate of drug-likeness (QED) is 0.729. The summed E-state index contributed by atoms with van der Waals surface area (Å²) < 4.78 is 0. The van der Waals surface area contributed by atoms with Crippen LogP contribution < -0.4 is 0 Å². The van der Waals surface area contributed by atoms with Crippen LogP contribution in [0.25, 0.3) is 0 Å². The summed E-state index contributed by atoms with van der Waals surface area (Å²) in [6, 6.07) is 7.43. The Balaban J connectivity index is 2.42. The van der Waals surface area contributed by atoms with Crippen LogP contribution in [0.15, 0.2) is 18.2 Å². The smallest absolute Gasteiger partial charge is 0.0322 e. The molecule has 0 radical (unpaired) electrons. The highest BCUT2D eigenvalue weighted by Gasteiger charge is 2.24. The van der Waals surface area contributed by atoms with Crippen LogP contribution in [0.3, 0.4) is 0 Å². The molecule has 0 bridgehead atoms. The minimum absolute atomic E-state index is 0.590. The predicted octanol–water partition coefficient (Wildman–Crippen LogP) is 3.75. The maximum atomic E-state index is 2.56. The molecule has 0 amide bonds. The van der Waals surface area contributed by atoms with Gasteiger partial charge in [-0.1, -0.05) is 39.0 Å². The highest BCUT2D eigenvalue weighted by molar-refractivity contribution is 5.40.